The van der Waals surface area contributed by atoms with Crippen LogP contribution in [0.1, 0.15) is 17.7 Å². The Morgan fingerprint density at radius 3 is 2.62 bits per heavy atom. The first kappa shape index (κ1) is 27.6. The number of aryl methyl sites for hydroxylation is 1. The standard InChI is InChI=1S/C27H31ClF2N4O6/c28-17-12-21-26(33-27(32-21)40-23-14-39-24-22(35)13-38-25(23)24)31-20(17)3-2-16-18(29)10-15(11-19(16)30)37-7-1-4-34-5-8-36-9-6-34/h10-12,22-25,35H,1-9,13-14H2,(H,31,32,33)/t22-,23-,24-,25-/m1/s1. The molecule has 0 saturated carbocycles. The number of morpholine rings is 1. The number of aliphatic hydroxyl groups excluding tert-OH is 1. The van der Waals surface area contributed by atoms with Gasteiger partial charge in [0.2, 0.25) is 0 Å². The zero-order valence-electron chi connectivity index (χ0n) is 21.8. The number of nitrogens with zero attached hydrogens (tertiary/aromatic N) is 3. The lowest BCUT2D eigenvalue weighted by atomic mass is 10.1. The van der Waals surface area contributed by atoms with E-state index in [0.29, 0.717) is 28.5 Å². The molecule has 0 spiro atoms. The van der Waals surface area contributed by atoms with E-state index in [1.807, 2.05) is 0 Å². The third kappa shape index (κ3) is 6.02. The fourth-order valence-corrected chi connectivity index (χ4v) is 5.55. The molecule has 2 N–H and O–H groups in total. The molecule has 6 rings (SSSR count). The average molecular weight is 581 g/mol. The summed E-state index contributed by atoms with van der Waals surface area (Å²) < 4.78 is 57.6. The van der Waals surface area contributed by atoms with E-state index in [1.54, 1.807) is 6.07 Å². The van der Waals surface area contributed by atoms with Crippen molar-refractivity contribution in [1.29, 1.82) is 0 Å². The Hall–Kier alpha value is -2.61. The zero-order chi connectivity index (χ0) is 27.6. The first-order chi connectivity index (χ1) is 19.4. The van der Waals surface area contributed by atoms with Crippen LogP contribution in [0.2, 0.25) is 5.02 Å². The number of aliphatic hydroxyl groups is 1. The molecule has 2 aromatic heterocycles. The Kier molecular flexibility index (Phi) is 8.33. The highest BCUT2D eigenvalue weighted by molar-refractivity contribution is 6.31. The Bertz CT molecular complexity index is 1320. The lowest BCUT2D eigenvalue weighted by Crippen LogP contribution is -2.37. The molecule has 0 aliphatic carbocycles. The first-order valence-electron chi connectivity index (χ1n) is 13.5. The molecule has 1 aromatic carbocycles. The molecule has 10 nitrogen and oxygen atoms in total. The summed E-state index contributed by atoms with van der Waals surface area (Å²) in [6.07, 6.45) is -0.895. The minimum absolute atomic E-state index is 0.0563. The van der Waals surface area contributed by atoms with E-state index in [1.165, 1.54) is 12.1 Å². The Morgan fingerprint density at radius 1 is 1.05 bits per heavy atom. The molecule has 13 heteroatoms. The Labute approximate surface area is 234 Å². The van der Waals surface area contributed by atoms with Gasteiger partial charge in [0, 0.05) is 37.3 Å². The van der Waals surface area contributed by atoms with Crippen LogP contribution in [0.15, 0.2) is 18.2 Å². The summed E-state index contributed by atoms with van der Waals surface area (Å²) in [6.45, 7) is 4.90. The van der Waals surface area contributed by atoms with Crippen LogP contribution < -0.4 is 9.47 Å². The minimum Gasteiger partial charge on any atom is -0.493 e. The third-order valence-corrected chi connectivity index (χ3v) is 7.77. The maximum Gasteiger partial charge on any atom is 0.296 e. The monoisotopic (exact) mass is 580 g/mol. The second-order valence-electron chi connectivity index (χ2n) is 10.2. The van der Waals surface area contributed by atoms with Crippen molar-refractivity contribution in [2.45, 2.75) is 43.7 Å². The lowest BCUT2D eigenvalue weighted by Gasteiger charge is -2.26. The minimum atomic E-state index is -0.679. The number of aromatic amines is 1. The van der Waals surface area contributed by atoms with Gasteiger partial charge in [-0.15, -0.1) is 0 Å². The first-order valence-corrected chi connectivity index (χ1v) is 13.9. The fraction of sp³-hybridized carbons (Fsp3) is 0.556. The summed E-state index contributed by atoms with van der Waals surface area (Å²) in [6, 6.07) is 4.30. The number of nitrogens with one attached hydrogen (secondary N) is 1. The average Bonchev–Trinajstić information content (AvgIpc) is 3.63. The van der Waals surface area contributed by atoms with Gasteiger partial charge in [0.05, 0.1) is 49.3 Å². The number of hydrogen-bond acceptors (Lipinski definition) is 9. The maximum atomic E-state index is 14.8. The molecule has 3 aliphatic rings. The number of imidazole rings is 1. The number of benzene rings is 1. The number of fused-ring (bicyclic) bond motifs is 2. The molecule has 4 atom stereocenters. The van der Waals surface area contributed by atoms with Crippen LogP contribution in [0.5, 0.6) is 11.8 Å². The van der Waals surface area contributed by atoms with Crippen LogP contribution in [0.25, 0.3) is 11.2 Å². The van der Waals surface area contributed by atoms with E-state index in [9.17, 15) is 13.9 Å². The smallest absolute Gasteiger partial charge is 0.296 e. The van der Waals surface area contributed by atoms with Gasteiger partial charge in [-0.3, -0.25) is 4.90 Å². The van der Waals surface area contributed by atoms with Gasteiger partial charge in [0.25, 0.3) is 6.01 Å². The van der Waals surface area contributed by atoms with Crippen LogP contribution in [0, 0.1) is 11.6 Å². The van der Waals surface area contributed by atoms with Crippen molar-refractivity contribution < 1.29 is 37.6 Å². The van der Waals surface area contributed by atoms with E-state index in [0.717, 1.165) is 39.3 Å². The molecule has 0 bridgehead atoms. The van der Waals surface area contributed by atoms with Crippen LogP contribution in [0.4, 0.5) is 8.78 Å². The molecule has 3 saturated heterocycles. The fourth-order valence-electron chi connectivity index (χ4n) is 5.30. The maximum absolute atomic E-state index is 14.8. The number of pyridine rings is 1. The number of aromatic nitrogens is 3. The lowest BCUT2D eigenvalue weighted by molar-refractivity contribution is 0.00706. The normalized spacial score (nSPS) is 25.0. The van der Waals surface area contributed by atoms with E-state index in [4.69, 9.17) is 35.3 Å². The quantitative estimate of drug-likeness (QED) is 0.350. The molecule has 0 unspecified atom stereocenters. The van der Waals surface area contributed by atoms with E-state index in [-0.39, 0.29) is 49.5 Å². The second-order valence-corrected chi connectivity index (χ2v) is 10.6. The number of rotatable bonds is 10. The van der Waals surface area contributed by atoms with Gasteiger partial charge in [-0.25, -0.2) is 13.8 Å². The van der Waals surface area contributed by atoms with E-state index in [2.05, 4.69) is 19.9 Å². The highest BCUT2D eigenvalue weighted by Crippen LogP contribution is 2.30. The van der Waals surface area contributed by atoms with Gasteiger partial charge < -0.3 is 33.8 Å². The Morgan fingerprint density at radius 2 is 1.82 bits per heavy atom. The second kappa shape index (κ2) is 12.1. The van der Waals surface area contributed by atoms with Crippen molar-refractivity contribution in [1.82, 2.24) is 19.9 Å². The topological polar surface area (TPSA) is 111 Å². The van der Waals surface area contributed by atoms with Gasteiger partial charge in [0.1, 0.15) is 35.7 Å². The van der Waals surface area contributed by atoms with Crippen LogP contribution >= 0.6 is 11.6 Å². The molecule has 3 aliphatic heterocycles. The van der Waals surface area contributed by atoms with Crippen molar-refractivity contribution in [3.05, 3.63) is 46.1 Å². The van der Waals surface area contributed by atoms with Gasteiger partial charge in [-0.2, -0.15) is 4.98 Å². The number of halogens is 3. The molecule has 216 valence electrons. The predicted molar refractivity (Wildman–Crippen MR) is 140 cm³/mol. The molecule has 0 radical (unpaired) electrons. The third-order valence-electron chi connectivity index (χ3n) is 7.44. The van der Waals surface area contributed by atoms with Crippen LogP contribution in [-0.2, 0) is 27.1 Å². The summed E-state index contributed by atoms with van der Waals surface area (Å²) in [5.41, 5.74) is 1.32. The molecule has 0 amide bonds. The molecular formula is C27H31ClF2N4O6. The zero-order valence-corrected chi connectivity index (χ0v) is 22.5. The molecule has 3 aromatic rings. The van der Waals surface area contributed by atoms with Gasteiger partial charge >= 0.3 is 0 Å². The highest BCUT2D eigenvalue weighted by Gasteiger charge is 2.48. The SMILES string of the molecule is O[C@@H]1CO[C@H]2[C@@H]1OC[C@H]2Oc1nc2nc(CCc3c(F)cc(OCCCN4CCOCC4)cc3F)c(Cl)cc2[nH]1. The predicted octanol–water partition coefficient (Wildman–Crippen LogP) is 2.68. The van der Waals surface area contributed by atoms with Gasteiger partial charge in [-0.05, 0) is 25.3 Å². The summed E-state index contributed by atoms with van der Waals surface area (Å²) in [5.74, 6) is -1.18. The number of hydrogen-bond donors (Lipinski definition) is 2. The highest BCUT2D eigenvalue weighted by atomic mass is 35.5. The van der Waals surface area contributed by atoms with Crippen LogP contribution in [0.3, 0.4) is 0 Å². The van der Waals surface area contributed by atoms with Crippen molar-refractivity contribution in [2.75, 3.05) is 52.7 Å². The molecule has 3 fully saturated rings. The largest absolute Gasteiger partial charge is 0.493 e. The summed E-state index contributed by atoms with van der Waals surface area (Å²) in [7, 11) is 0. The van der Waals surface area contributed by atoms with Crippen molar-refractivity contribution in [3.8, 4) is 11.8 Å². The van der Waals surface area contributed by atoms with E-state index < -0.39 is 29.9 Å². The molecule has 5 heterocycles. The summed E-state index contributed by atoms with van der Waals surface area (Å²) in [5, 5.41) is 10.3. The molecular weight excluding hydrogens is 550 g/mol. The summed E-state index contributed by atoms with van der Waals surface area (Å²) in [4.78, 5) is 14.2. The number of H-pyrrole nitrogens is 1. The summed E-state index contributed by atoms with van der Waals surface area (Å²) >= 11 is 6.43. The Balaban J connectivity index is 1.05. The van der Waals surface area contributed by atoms with E-state index >= 15 is 0 Å². The van der Waals surface area contributed by atoms with Crippen LogP contribution in [-0.4, -0.2) is 102 Å². The van der Waals surface area contributed by atoms with Crippen molar-refractivity contribution >= 4 is 22.8 Å². The van der Waals surface area contributed by atoms with Crippen molar-refractivity contribution in [3.63, 3.8) is 0 Å². The van der Waals surface area contributed by atoms with Gasteiger partial charge in [0.15, 0.2) is 11.8 Å². The van der Waals surface area contributed by atoms with Gasteiger partial charge in [-0.1, -0.05) is 11.6 Å². The number of ether oxygens (including phenoxy) is 5. The van der Waals surface area contributed by atoms with Crippen molar-refractivity contribution in [2.24, 2.45) is 0 Å². The molecule has 40 heavy (non-hydrogen) atoms.